The van der Waals surface area contributed by atoms with Gasteiger partial charge >= 0.3 is 0 Å². The van der Waals surface area contributed by atoms with E-state index in [4.69, 9.17) is 0 Å². The van der Waals surface area contributed by atoms with E-state index in [9.17, 15) is 18.3 Å². The van der Waals surface area contributed by atoms with E-state index < -0.39 is 21.6 Å². The minimum Gasteiger partial charge on any atom is -0.507 e. The van der Waals surface area contributed by atoms with Crippen molar-refractivity contribution in [2.45, 2.75) is 4.90 Å². The van der Waals surface area contributed by atoms with Gasteiger partial charge in [0.2, 0.25) is 5.78 Å². The number of fused-ring (bicyclic) bond motifs is 1. The number of aliphatic hydroxyl groups is 1. The molecule has 2 aromatic heterocycles. The molecule has 0 amide bonds. The second-order valence-corrected chi connectivity index (χ2v) is 8.78. The van der Waals surface area contributed by atoms with Crippen LogP contribution in [0.25, 0.3) is 16.7 Å². The quantitative estimate of drug-likeness (QED) is 0.260. The van der Waals surface area contributed by atoms with Crippen LogP contribution in [0, 0.1) is 0 Å². The molecule has 0 saturated carbocycles. The predicted octanol–water partition coefficient (Wildman–Crippen LogP) is 3.54. The summed E-state index contributed by atoms with van der Waals surface area (Å²) in [6, 6.07) is 12.9. The first-order chi connectivity index (χ1) is 13.9. The molecule has 2 aromatic carbocycles. The van der Waals surface area contributed by atoms with Gasteiger partial charge in [0, 0.05) is 27.7 Å². The largest absolute Gasteiger partial charge is 0.507 e. The highest BCUT2D eigenvalue weighted by Gasteiger charge is 2.23. The summed E-state index contributed by atoms with van der Waals surface area (Å²) >= 11 is 3.35. The van der Waals surface area contributed by atoms with Crippen LogP contribution in [0.2, 0.25) is 0 Å². The standard InChI is InChI=1S/C19H13BrN4O4S/c20-12-6-7-16-14(8-12)15(17(25)9-18(26)19-21-11-22-23-19)10-24(16)29(27,28)13-4-2-1-3-5-13/h1-11,25H,(H,21,22,23). The Balaban J connectivity index is 1.90. The number of carbonyl (C=O) groups is 1. The van der Waals surface area contributed by atoms with E-state index in [1.54, 1.807) is 36.4 Å². The molecule has 0 aliphatic rings. The molecule has 29 heavy (non-hydrogen) atoms. The molecular formula is C19H13BrN4O4S. The smallest absolute Gasteiger partial charge is 0.268 e. The molecule has 4 aromatic rings. The number of rotatable bonds is 5. The number of allylic oxidation sites excluding steroid dienone is 1. The highest BCUT2D eigenvalue weighted by Crippen LogP contribution is 2.31. The van der Waals surface area contributed by atoms with Crippen molar-refractivity contribution in [1.29, 1.82) is 0 Å². The summed E-state index contributed by atoms with van der Waals surface area (Å²) in [6.07, 6.45) is 3.43. The fourth-order valence-corrected chi connectivity index (χ4v) is 4.63. The highest BCUT2D eigenvalue weighted by molar-refractivity contribution is 9.10. The molecule has 2 N–H and O–H groups in total. The van der Waals surface area contributed by atoms with Gasteiger partial charge in [0.05, 0.1) is 10.4 Å². The summed E-state index contributed by atoms with van der Waals surface area (Å²) in [5.74, 6) is -1.03. The van der Waals surface area contributed by atoms with Gasteiger partial charge < -0.3 is 5.11 Å². The zero-order valence-corrected chi connectivity index (χ0v) is 17.1. The van der Waals surface area contributed by atoms with Crippen molar-refractivity contribution >= 4 is 48.4 Å². The van der Waals surface area contributed by atoms with Crippen LogP contribution in [0.5, 0.6) is 0 Å². The maximum Gasteiger partial charge on any atom is 0.268 e. The van der Waals surface area contributed by atoms with Crippen LogP contribution in [-0.4, -0.2) is 38.5 Å². The van der Waals surface area contributed by atoms with Crippen molar-refractivity contribution < 1.29 is 18.3 Å². The molecule has 0 spiro atoms. The molecular weight excluding hydrogens is 460 g/mol. The highest BCUT2D eigenvalue weighted by atomic mass is 79.9. The summed E-state index contributed by atoms with van der Waals surface area (Å²) < 4.78 is 28.1. The molecule has 0 bridgehead atoms. The lowest BCUT2D eigenvalue weighted by Crippen LogP contribution is -2.11. The van der Waals surface area contributed by atoms with Gasteiger partial charge in [-0.3, -0.25) is 9.89 Å². The van der Waals surface area contributed by atoms with Gasteiger partial charge in [-0.1, -0.05) is 34.1 Å². The summed E-state index contributed by atoms with van der Waals surface area (Å²) in [5.41, 5.74) is 0.549. The summed E-state index contributed by atoms with van der Waals surface area (Å²) in [4.78, 5) is 16.1. The van der Waals surface area contributed by atoms with Crippen molar-refractivity contribution in [3.8, 4) is 0 Å². The molecule has 0 saturated heterocycles. The van der Waals surface area contributed by atoms with Crippen molar-refractivity contribution in [3.63, 3.8) is 0 Å². The van der Waals surface area contributed by atoms with Crippen LogP contribution in [0.1, 0.15) is 16.2 Å². The number of benzene rings is 2. The number of hydrogen-bond donors (Lipinski definition) is 2. The van der Waals surface area contributed by atoms with Crippen LogP contribution < -0.4 is 0 Å². The van der Waals surface area contributed by atoms with Crippen molar-refractivity contribution in [2.75, 3.05) is 0 Å². The average Bonchev–Trinajstić information content (AvgIpc) is 3.37. The van der Waals surface area contributed by atoms with Crippen LogP contribution >= 0.6 is 15.9 Å². The minimum atomic E-state index is -3.91. The number of halogens is 1. The number of aliphatic hydroxyl groups excluding tert-OH is 1. The topological polar surface area (TPSA) is 118 Å². The number of nitrogens with one attached hydrogen (secondary N) is 1. The second kappa shape index (κ2) is 7.30. The molecule has 0 fully saturated rings. The third-order valence-corrected chi connectivity index (χ3v) is 6.41. The van der Waals surface area contributed by atoms with E-state index in [1.165, 1.54) is 24.7 Å². The van der Waals surface area contributed by atoms with Crippen molar-refractivity contribution in [1.82, 2.24) is 19.2 Å². The Hall–Kier alpha value is -3.24. The fraction of sp³-hybridized carbons (Fsp3) is 0. The van der Waals surface area contributed by atoms with E-state index in [2.05, 4.69) is 31.1 Å². The Bertz CT molecular complexity index is 1340. The van der Waals surface area contributed by atoms with E-state index in [-0.39, 0.29) is 16.3 Å². The monoisotopic (exact) mass is 472 g/mol. The van der Waals surface area contributed by atoms with Gasteiger partial charge in [-0.15, -0.1) is 0 Å². The number of aromatic amines is 1. The Labute approximate surface area is 173 Å². The zero-order chi connectivity index (χ0) is 20.6. The number of ketones is 1. The Kier molecular flexibility index (Phi) is 4.81. The van der Waals surface area contributed by atoms with E-state index in [0.717, 1.165) is 10.0 Å². The third-order valence-electron chi connectivity index (χ3n) is 4.22. The molecule has 4 rings (SSSR count). The number of H-pyrrole nitrogens is 1. The Morgan fingerprint density at radius 1 is 1.17 bits per heavy atom. The van der Waals surface area contributed by atoms with Crippen LogP contribution in [0.4, 0.5) is 0 Å². The second-order valence-electron chi connectivity index (χ2n) is 6.05. The lowest BCUT2D eigenvalue weighted by atomic mass is 10.1. The lowest BCUT2D eigenvalue weighted by Gasteiger charge is -2.07. The van der Waals surface area contributed by atoms with Crippen molar-refractivity contribution in [2.24, 2.45) is 0 Å². The van der Waals surface area contributed by atoms with Crippen molar-refractivity contribution in [3.05, 3.63) is 83.0 Å². The van der Waals surface area contributed by atoms with Gasteiger partial charge in [-0.05, 0) is 30.3 Å². The van der Waals surface area contributed by atoms with Gasteiger partial charge in [0.25, 0.3) is 10.0 Å². The van der Waals surface area contributed by atoms with Gasteiger partial charge in [0.1, 0.15) is 12.1 Å². The Morgan fingerprint density at radius 2 is 1.93 bits per heavy atom. The zero-order valence-electron chi connectivity index (χ0n) is 14.7. The van der Waals surface area contributed by atoms with Crippen LogP contribution in [0.15, 0.2) is 76.5 Å². The molecule has 10 heteroatoms. The molecule has 0 atom stereocenters. The SMILES string of the molecule is O=C(C=C(O)c1cn(S(=O)(=O)c2ccccc2)c2ccc(Br)cc12)c1ncn[nH]1. The molecule has 8 nitrogen and oxygen atoms in total. The maximum absolute atomic E-state index is 13.1. The average molecular weight is 473 g/mol. The molecule has 0 radical (unpaired) electrons. The van der Waals surface area contributed by atoms with Crippen LogP contribution in [0.3, 0.4) is 0 Å². The van der Waals surface area contributed by atoms with E-state index in [0.29, 0.717) is 15.4 Å². The minimum absolute atomic E-state index is 0.0432. The first-order valence-electron chi connectivity index (χ1n) is 8.30. The van der Waals surface area contributed by atoms with Crippen LogP contribution in [-0.2, 0) is 10.0 Å². The summed E-state index contributed by atoms with van der Waals surface area (Å²) in [6.45, 7) is 0. The predicted molar refractivity (Wildman–Crippen MR) is 110 cm³/mol. The third kappa shape index (κ3) is 3.47. The first-order valence-corrected chi connectivity index (χ1v) is 10.5. The van der Waals surface area contributed by atoms with Gasteiger partial charge in [-0.25, -0.2) is 17.4 Å². The maximum atomic E-state index is 13.1. The summed E-state index contributed by atoms with van der Waals surface area (Å²) in [7, 11) is -3.91. The number of carbonyl (C=O) groups excluding carboxylic acids is 1. The normalized spacial score (nSPS) is 12.4. The first kappa shape index (κ1) is 19.1. The number of hydrogen-bond acceptors (Lipinski definition) is 6. The molecule has 0 aliphatic carbocycles. The fourth-order valence-electron chi connectivity index (χ4n) is 2.88. The Morgan fingerprint density at radius 3 is 2.62 bits per heavy atom. The van der Waals surface area contributed by atoms with Gasteiger partial charge in [-0.2, -0.15) is 5.10 Å². The summed E-state index contributed by atoms with van der Waals surface area (Å²) in [5, 5.41) is 17.1. The van der Waals surface area contributed by atoms with E-state index in [1.807, 2.05) is 0 Å². The van der Waals surface area contributed by atoms with E-state index >= 15 is 0 Å². The number of nitrogens with zero attached hydrogens (tertiary/aromatic N) is 3. The lowest BCUT2D eigenvalue weighted by molar-refractivity contribution is 0.103. The molecule has 2 heterocycles. The number of aromatic nitrogens is 4. The van der Waals surface area contributed by atoms with Gasteiger partial charge in [0.15, 0.2) is 5.82 Å². The molecule has 0 aliphatic heterocycles. The molecule has 146 valence electrons. The molecule has 0 unspecified atom stereocenters.